The highest BCUT2D eigenvalue weighted by Crippen LogP contribution is 2.42. The van der Waals surface area contributed by atoms with Crippen molar-refractivity contribution in [3.05, 3.63) is 65.3 Å². The average molecular weight is 388 g/mol. The smallest absolute Gasteiger partial charge is 0.146 e. The first-order chi connectivity index (χ1) is 13.7. The molecular weight excluding hydrogens is 366 g/mol. The van der Waals surface area contributed by atoms with Gasteiger partial charge >= 0.3 is 0 Å². The van der Waals surface area contributed by atoms with Crippen LogP contribution in [0.4, 0.5) is 11.5 Å². The molecule has 0 saturated carbocycles. The van der Waals surface area contributed by atoms with Crippen LogP contribution in [0.3, 0.4) is 0 Å². The molecule has 0 saturated heterocycles. The highest BCUT2D eigenvalue weighted by Gasteiger charge is 2.24. The third-order valence-electron chi connectivity index (χ3n) is 5.29. The van der Waals surface area contributed by atoms with Gasteiger partial charge in [0.15, 0.2) is 0 Å². The summed E-state index contributed by atoms with van der Waals surface area (Å²) in [6.07, 6.45) is 2.25. The lowest BCUT2D eigenvalue weighted by Crippen LogP contribution is -2.25. The number of aryl methyl sites for hydroxylation is 2. The summed E-state index contributed by atoms with van der Waals surface area (Å²) in [4.78, 5) is 13.0. The fourth-order valence-electron chi connectivity index (χ4n) is 3.96. The normalized spacial score (nSPS) is 13.6. The molecule has 140 valence electrons. The summed E-state index contributed by atoms with van der Waals surface area (Å²) >= 11 is 1.68. The fraction of sp³-hybridized carbons (Fsp3) is 0.217. The lowest BCUT2D eigenvalue weighted by molar-refractivity contribution is 0.415. The van der Waals surface area contributed by atoms with Gasteiger partial charge in [-0.25, -0.2) is 9.97 Å². The number of methoxy groups -OCH3 is 1. The molecule has 0 atom stereocenters. The van der Waals surface area contributed by atoms with Gasteiger partial charge in [0.1, 0.15) is 22.2 Å². The van der Waals surface area contributed by atoms with E-state index in [1.54, 1.807) is 18.4 Å². The minimum Gasteiger partial charge on any atom is -0.497 e. The van der Waals surface area contributed by atoms with Crippen LogP contribution in [0.5, 0.6) is 5.75 Å². The summed E-state index contributed by atoms with van der Waals surface area (Å²) in [6, 6.07) is 16.9. The van der Waals surface area contributed by atoms with Crippen LogP contribution in [-0.4, -0.2) is 23.6 Å². The second-order valence-electron chi connectivity index (χ2n) is 7.04. The van der Waals surface area contributed by atoms with E-state index in [-0.39, 0.29) is 0 Å². The number of para-hydroxylation sites is 1. The van der Waals surface area contributed by atoms with Gasteiger partial charge in [-0.1, -0.05) is 30.3 Å². The Morgan fingerprint density at radius 2 is 1.86 bits per heavy atom. The third-order valence-corrected chi connectivity index (χ3v) is 6.17. The highest BCUT2D eigenvalue weighted by atomic mass is 32.1. The van der Waals surface area contributed by atoms with E-state index < -0.39 is 0 Å². The Morgan fingerprint density at radius 3 is 2.68 bits per heavy atom. The van der Waals surface area contributed by atoms with Gasteiger partial charge in [0.2, 0.25) is 0 Å². The standard InChI is InChI=1S/C23H21N3OS/c1-15-24-22(26-13-5-7-17-6-3-4-8-20(17)26)21-19(14-28-23(21)25-15)16-9-11-18(27-2)12-10-16/h3-4,6,8-12,14H,5,7,13H2,1-2H3. The summed E-state index contributed by atoms with van der Waals surface area (Å²) in [5.74, 6) is 2.69. The molecule has 4 nitrogen and oxygen atoms in total. The van der Waals surface area contributed by atoms with Gasteiger partial charge < -0.3 is 9.64 Å². The van der Waals surface area contributed by atoms with Crippen molar-refractivity contribution in [2.45, 2.75) is 19.8 Å². The maximum Gasteiger partial charge on any atom is 0.146 e. The number of nitrogens with zero attached hydrogens (tertiary/aromatic N) is 3. The lowest BCUT2D eigenvalue weighted by atomic mass is 10.0. The number of hydrogen-bond acceptors (Lipinski definition) is 5. The van der Waals surface area contributed by atoms with E-state index in [4.69, 9.17) is 14.7 Å². The van der Waals surface area contributed by atoms with Crippen LogP contribution in [0.2, 0.25) is 0 Å². The molecule has 0 radical (unpaired) electrons. The number of fused-ring (bicyclic) bond motifs is 2. The first-order valence-electron chi connectivity index (χ1n) is 9.50. The van der Waals surface area contributed by atoms with Crippen molar-refractivity contribution in [3.63, 3.8) is 0 Å². The molecule has 0 spiro atoms. The van der Waals surface area contributed by atoms with Gasteiger partial charge in [0.05, 0.1) is 12.5 Å². The predicted molar refractivity (Wildman–Crippen MR) is 116 cm³/mol. The summed E-state index contributed by atoms with van der Waals surface area (Å²) in [5, 5.41) is 3.33. The van der Waals surface area contributed by atoms with Crippen LogP contribution in [0.1, 0.15) is 17.8 Å². The molecule has 28 heavy (non-hydrogen) atoms. The van der Waals surface area contributed by atoms with Gasteiger partial charge in [0, 0.05) is 23.2 Å². The van der Waals surface area contributed by atoms with Crippen molar-refractivity contribution in [1.29, 1.82) is 0 Å². The molecule has 5 heteroatoms. The monoisotopic (exact) mass is 387 g/mol. The van der Waals surface area contributed by atoms with Crippen molar-refractivity contribution in [2.24, 2.45) is 0 Å². The maximum atomic E-state index is 5.32. The molecular formula is C23H21N3OS. The molecule has 0 bridgehead atoms. The van der Waals surface area contributed by atoms with Crippen molar-refractivity contribution in [2.75, 3.05) is 18.6 Å². The fourth-order valence-corrected chi connectivity index (χ4v) is 4.95. The molecule has 0 amide bonds. The van der Waals surface area contributed by atoms with Gasteiger partial charge in [-0.2, -0.15) is 0 Å². The highest BCUT2D eigenvalue weighted by molar-refractivity contribution is 7.17. The number of hydrogen-bond donors (Lipinski definition) is 0. The Hall–Kier alpha value is -2.92. The number of rotatable bonds is 3. The molecule has 3 heterocycles. The number of thiophene rings is 1. The van der Waals surface area contributed by atoms with Crippen LogP contribution in [0.25, 0.3) is 21.3 Å². The molecule has 0 fully saturated rings. The zero-order valence-electron chi connectivity index (χ0n) is 16.0. The quantitative estimate of drug-likeness (QED) is 0.448. The van der Waals surface area contributed by atoms with E-state index >= 15 is 0 Å². The molecule has 2 aromatic heterocycles. The molecule has 1 aliphatic heterocycles. The van der Waals surface area contributed by atoms with E-state index in [9.17, 15) is 0 Å². The van der Waals surface area contributed by atoms with Crippen molar-refractivity contribution < 1.29 is 4.74 Å². The van der Waals surface area contributed by atoms with Gasteiger partial charge in [-0.05, 0) is 49.1 Å². The second-order valence-corrected chi connectivity index (χ2v) is 7.89. The molecule has 5 rings (SSSR count). The largest absolute Gasteiger partial charge is 0.497 e. The molecule has 0 N–H and O–H groups in total. The molecule has 2 aromatic carbocycles. The van der Waals surface area contributed by atoms with Gasteiger partial charge in [-0.3, -0.25) is 0 Å². The first kappa shape index (κ1) is 17.2. The minimum absolute atomic E-state index is 0.814. The Kier molecular flexibility index (Phi) is 4.24. The van der Waals surface area contributed by atoms with E-state index in [0.717, 1.165) is 52.6 Å². The zero-order valence-corrected chi connectivity index (χ0v) is 16.8. The van der Waals surface area contributed by atoms with Crippen LogP contribution in [0, 0.1) is 6.92 Å². The van der Waals surface area contributed by atoms with Gasteiger partial charge in [-0.15, -0.1) is 11.3 Å². The Bertz CT molecular complexity index is 1150. The van der Waals surface area contributed by atoms with Crippen LogP contribution >= 0.6 is 11.3 Å². The van der Waals surface area contributed by atoms with E-state index in [1.165, 1.54) is 16.8 Å². The van der Waals surface area contributed by atoms with Crippen molar-refractivity contribution in [1.82, 2.24) is 9.97 Å². The summed E-state index contributed by atoms with van der Waals surface area (Å²) in [5.41, 5.74) is 4.99. The minimum atomic E-state index is 0.814. The molecule has 4 aromatic rings. The topological polar surface area (TPSA) is 38.3 Å². The van der Waals surface area contributed by atoms with E-state index in [2.05, 4.69) is 46.7 Å². The third kappa shape index (κ3) is 2.83. The lowest BCUT2D eigenvalue weighted by Gasteiger charge is -2.31. The van der Waals surface area contributed by atoms with Gasteiger partial charge in [0.25, 0.3) is 0 Å². The molecule has 0 aliphatic carbocycles. The number of anilines is 2. The number of ether oxygens (including phenoxy) is 1. The molecule has 1 aliphatic rings. The Labute approximate surface area is 168 Å². The SMILES string of the molecule is COc1ccc(-c2csc3nc(C)nc(N4CCCc5ccccc54)c23)cc1. The Morgan fingerprint density at radius 1 is 1.04 bits per heavy atom. The Balaban J connectivity index is 1.72. The van der Waals surface area contributed by atoms with E-state index in [1.807, 2.05) is 19.1 Å². The molecule has 0 unspecified atom stereocenters. The number of aromatic nitrogens is 2. The average Bonchev–Trinajstić information content (AvgIpc) is 3.16. The summed E-state index contributed by atoms with van der Waals surface area (Å²) in [7, 11) is 1.69. The first-order valence-corrected chi connectivity index (χ1v) is 10.4. The maximum absolute atomic E-state index is 5.32. The van der Waals surface area contributed by atoms with Crippen molar-refractivity contribution in [3.8, 4) is 16.9 Å². The predicted octanol–water partition coefficient (Wildman–Crippen LogP) is 5.76. The zero-order chi connectivity index (χ0) is 19.1. The van der Waals surface area contributed by atoms with E-state index in [0.29, 0.717) is 0 Å². The number of benzene rings is 2. The summed E-state index contributed by atoms with van der Waals surface area (Å²) in [6.45, 7) is 2.95. The van der Waals surface area contributed by atoms with Crippen LogP contribution < -0.4 is 9.64 Å². The second kappa shape index (κ2) is 6.91. The van der Waals surface area contributed by atoms with Crippen LogP contribution in [0.15, 0.2) is 53.9 Å². The van der Waals surface area contributed by atoms with Crippen molar-refractivity contribution >= 4 is 33.1 Å². The summed E-state index contributed by atoms with van der Waals surface area (Å²) < 4.78 is 5.32. The van der Waals surface area contributed by atoms with Crippen LogP contribution in [-0.2, 0) is 6.42 Å².